The lowest BCUT2D eigenvalue weighted by atomic mass is 9.96. The fourth-order valence-corrected chi connectivity index (χ4v) is 3.61. The van der Waals surface area contributed by atoms with E-state index in [2.05, 4.69) is 5.32 Å². The van der Waals surface area contributed by atoms with Gasteiger partial charge in [0.2, 0.25) is 0 Å². The average molecular weight is 245 g/mol. The third kappa shape index (κ3) is 2.70. The molecule has 2 rings (SSSR count). The summed E-state index contributed by atoms with van der Waals surface area (Å²) < 4.78 is 5.40. The van der Waals surface area contributed by atoms with Gasteiger partial charge in [-0.3, -0.25) is 4.79 Å². The number of aliphatic carboxylic acids is 1. The first-order valence-electron chi connectivity index (χ1n) is 5.87. The highest BCUT2D eigenvalue weighted by Crippen LogP contribution is 2.28. The molecule has 0 radical (unpaired) electrons. The highest BCUT2D eigenvalue weighted by molar-refractivity contribution is 7.99. The van der Waals surface area contributed by atoms with Gasteiger partial charge in [-0.2, -0.15) is 11.8 Å². The van der Waals surface area contributed by atoms with E-state index in [0.29, 0.717) is 11.7 Å². The second kappa shape index (κ2) is 5.38. The Morgan fingerprint density at radius 1 is 1.62 bits per heavy atom. The number of rotatable bonds is 4. The maximum atomic E-state index is 11.3. The monoisotopic (exact) mass is 245 g/mol. The number of carboxylic acid groups (broad SMARTS) is 1. The van der Waals surface area contributed by atoms with Crippen molar-refractivity contribution < 1.29 is 14.6 Å². The van der Waals surface area contributed by atoms with Crippen LogP contribution < -0.4 is 5.32 Å². The average Bonchev–Trinajstić information content (AvgIpc) is 2.78. The number of nitrogens with one attached hydrogen (secondary N) is 1. The van der Waals surface area contributed by atoms with Crippen LogP contribution in [0.15, 0.2) is 0 Å². The minimum Gasteiger partial charge on any atom is -0.480 e. The van der Waals surface area contributed by atoms with E-state index < -0.39 is 11.5 Å². The lowest BCUT2D eigenvalue weighted by molar-refractivity contribution is -0.144. The standard InChI is InChI=1S/C11H19NO3S/c13-10(14)11(3-5-16-8-11)12-6-9-2-1-4-15-7-9/h9,12H,1-8H2,(H,13,14). The molecule has 0 aromatic carbocycles. The Balaban J connectivity index is 1.84. The molecule has 2 atom stereocenters. The van der Waals surface area contributed by atoms with Gasteiger partial charge < -0.3 is 15.2 Å². The second-order valence-corrected chi connectivity index (χ2v) is 5.76. The molecule has 2 heterocycles. The van der Waals surface area contributed by atoms with E-state index >= 15 is 0 Å². The highest BCUT2D eigenvalue weighted by atomic mass is 32.2. The van der Waals surface area contributed by atoms with Gasteiger partial charge in [0.05, 0.1) is 6.61 Å². The van der Waals surface area contributed by atoms with Crippen molar-refractivity contribution in [2.24, 2.45) is 5.92 Å². The first kappa shape index (κ1) is 12.2. The Morgan fingerprint density at radius 2 is 2.50 bits per heavy atom. The number of ether oxygens (including phenoxy) is 1. The van der Waals surface area contributed by atoms with Gasteiger partial charge in [0.15, 0.2) is 0 Å². The quantitative estimate of drug-likeness (QED) is 0.772. The van der Waals surface area contributed by atoms with Crippen LogP contribution in [0.1, 0.15) is 19.3 Å². The molecule has 0 spiro atoms. The van der Waals surface area contributed by atoms with E-state index in [1.807, 2.05) is 0 Å². The first-order chi connectivity index (χ1) is 7.73. The molecule has 5 heteroatoms. The molecule has 16 heavy (non-hydrogen) atoms. The minimum absolute atomic E-state index is 0.482. The van der Waals surface area contributed by atoms with Crippen LogP contribution in [0.4, 0.5) is 0 Å². The van der Waals surface area contributed by atoms with Crippen LogP contribution in [0.2, 0.25) is 0 Å². The zero-order valence-electron chi connectivity index (χ0n) is 9.41. The zero-order chi connectivity index (χ0) is 11.4. The van der Waals surface area contributed by atoms with E-state index in [1.54, 1.807) is 11.8 Å². The van der Waals surface area contributed by atoms with E-state index in [1.165, 1.54) is 0 Å². The molecule has 0 bridgehead atoms. The van der Waals surface area contributed by atoms with Gasteiger partial charge in [-0.05, 0) is 30.9 Å². The van der Waals surface area contributed by atoms with Gasteiger partial charge in [0, 0.05) is 18.9 Å². The largest absolute Gasteiger partial charge is 0.480 e. The van der Waals surface area contributed by atoms with Crippen molar-refractivity contribution in [2.75, 3.05) is 31.3 Å². The number of hydrogen-bond donors (Lipinski definition) is 2. The van der Waals surface area contributed by atoms with Crippen LogP contribution in [0, 0.1) is 5.92 Å². The molecular formula is C11H19NO3S. The Morgan fingerprint density at radius 3 is 3.06 bits per heavy atom. The van der Waals surface area contributed by atoms with Crippen LogP contribution in [0.3, 0.4) is 0 Å². The molecule has 2 aliphatic rings. The van der Waals surface area contributed by atoms with E-state index in [-0.39, 0.29) is 0 Å². The number of carbonyl (C=O) groups is 1. The molecule has 2 aliphatic heterocycles. The van der Waals surface area contributed by atoms with Gasteiger partial charge in [0.25, 0.3) is 0 Å². The Labute approximate surface area is 100 Å². The van der Waals surface area contributed by atoms with Crippen molar-refractivity contribution >= 4 is 17.7 Å². The molecule has 2 saturated heterocycles. The number of hydrogen-bond acceptors (Lipinski definition) is 4. The molecule has 0 amide bonds. The maximum Gasteiger partial charge on any atom is 0.324 e. The minimum atomic E-state index is -0.700. The lowest BCUT2D eigenvalue weighted by Gasteiger charge is -2.29. The summed E-state index contributed by atoms with van der Waals surface area (Å²) in [6.07, 6.45) is 2.98. The molecule has 0 aliphatic carbocycles. The Hall–Kier alpha value is -0.260. The van der Waals surface area contributed by atoms with Crippen molar-refractivity contribution in [1.29, 1.82) is 0 Å². The summed E-state index contributed by atoms with van der Waals surface area (Å²) in [6.45, 7) is 2.40. The van der Waals surface area contributed by atoms with Crippen LogP contribution in [-0.2, 0) is 9.53 Å². The molecule has 0 aromatic heterocycles. The third-order valence-corrected chi connectivity index (χ3v) is 4.60. The fraction of sp³-hybridized carbons (Fsp3) is 0.909. The van der Waals surface area contributed by atoms with E-state index in [9.17, 15) is 9.90 Å². The van der Waals surface area contributed by atoms with Crippen molar-refractivity contribution in [3.63, 3.8) is 0 Å². The molecule has 0 saturated carbocycles. The van der Waals surface area contributed by atoms with E-state index in [4.69, 9.17) is 4.74 Å². The van der Waals surface area contributed by atoms with Crippen LogP contribution in [0.5, 0.6) is 0 Å². The van der Waals surface area contributed by atoms with Crippen molar-refractivity contribution in [3.05, 3.63) is 0 Å². The summed E-state index contributed by atoms with van der Waals surface area (Å²) in [7, 11) is 0. The van der Waals surface area contributed by atoms with Crippen LogP contribution >= 0.6 is 11.8 Å². The molecule has 0 aromatic rings. The van der Waals surface area contributed by atoms with Crippen LogP contribution in [0.25, 0.3) is 0 Å². The summed E-state index contributed by atoms with van der Waals surface area (Å²) >= 11 is 1.72. The summed E-state index contributed by atoms with van der Waals surface area (Å²) in [4.78, 5) is 11.3. The van der Waals surface area contributed by atoms with Crippen molar-refractivity contribution in [3.8, 4) is 0 Å². The molecule has 4 nitrogen and oxygen atoms in total. The maximum absolute atomic E-state index is 11.3. The zero-order valence-corrected chi connectivity index (χ0v) is 10.2. The topological polar surface area (TPSA) is 58.6 Å². The fourth-order valence-electron chi connectivity index (χ4n) is 2.26. The third-order valence-electron chi connectivity index (χ3n) is 3.41. The lowest BCUT2D eigenvalue weighted by Crippen LogP contribution is -2.54. The highest BCUT2D eigenvalue weighted by Gasteiger charge is 2.41. The van der Waals surface area contributed by atoms with Gasteiger partial charge in [-0.15, -0.1) is 0 Å². The predicted molar refractivity (Wildman–Crippen MR) is 63.9 cm³/mol. The smallest absolute Gasteiger partial charge is 0.324 e. The summed E-state index contributed by atoms with van der Waals surface area (Å²) in [5, 5.41) is 12.6. The summed E-state index contributed by atoms with van der Waals surface area (Å²) in [6, 6.07) is 0. The van der Waals surface area contributed by atoms with Crippen molar-refractivity contribution in [1.82, 2.24) is 5.32 Å². The second-order valence-electron chi connectivity index (χ2n) is 4.65. The predicted octanol–water partition coefficient (Wildman–Crippen LogP) is 0.963. The molecular weight excluding hydrogens is 226 g/mol. The summed E-state index contributed by atoms with van der Waals surface area (Å²) in [5.41, 5.74) is -0.678. The van der Waals surface area contributed by atoms with Gasteiger partial charge >= 0.3 is 5.97 Å². The Kier molecular flexibility index (Phi) is 4.10. The first-order valence-corrected chi connectivity index (χ1v) is 7.02. The van der Waals surface area contributed by atoms with Gasteiger partial charge in [-0.1, -0.05) is 0 Å². The normalized spacial score (nSPS) is 35.1. The molecule has 2 unspecified atom stereocenters. The van der Waals surface area contributed by atoms with Gasteiger partial charge in [0.1, 0.15) is 5.54 Å². The molecule has 92 valence electrons. The van der Waals surface area contributed by atoms with Crippen molar-refractivity contribution in [2.45, 2.75) is 24.8 Å². The van der Waals surface area contributed by atoms with Gasteiger partial charge in [-0.25, -0.2) is 0 Å². The van der Waals surface area contributed by atoms with E-state index in [0.717, 1.165) is 44.8 Å². The van der Waals surface area contributed by atoms with Crippen LogP contribution in [-0.4, -0.2) is 47.9 Å². The Bertz CT molecular complexity index is 248. The SMILES string of the molecule is O=C(O)C1(NCC2CCCOC2)CCSC1. The molecule has 2 N–H and O–H groups in total. The summed E-state index contributed by atoms with van der Waals surface area (Å²) in [5.74, 6) is 1.42. The number of thioether (sulfide) groups is 1. The molecule has 2 fully saturated rings. The number of carboxylic acids is 1.